The molecule has 1 unspecified atom stereocenters. The van der Waals surface area contributed by atoms with E-state index in [0.717, 1.165) is 0 Å². The van der Waals surface area contributed by atoms with Crippen molar-refractivity contribution in [2.75, 3.05) is 0 Å². The van der Waals surface area contributed by atoms with E-state index in [9.17, 15) is 9.00 Å². The molecule has 2 atom stereocenters. The SMILES string of the molecule is CC(C)([C@H](N)C(=O)O)S(=O)O. The number of hydrogen-bond acceptors (Lipinski definition) is 3. The molecule has 0 aromatic carbocycles. The van der Waals surface area contributed by atoms with Gasteiger partial charge >= 0.3 is 5.97 Å². The summed E-state index contributed by atoms with van der Waals surface area (Å²) in [5.74, 6) is -1.28. The van der Waals surface area contributed by atoms with Crippen LogP contribution in [0.4, 0.5) is 0 Å². The van der Waals surface area contributed by atoms with E-state index in [1.807, 2.05) is 0 Å². The van der Waals surface area contributed by atoms with Crippen LogP contribution >= 0.6 is 0 Å². The molecule has 0 saturated heterocycles. The first-order chi connectivity index (χ1) is 4.80. The molecule has 0 radical (unpaired) electrons. The quantitative estimate of drug-likeness (QED) is 0.505. The van der Waals surface area contributed by atoms with Crippen LogP contribution in [0, 0.1) is 0 Å². The maximum absolute atomic E-state index is 10.5. The topological polar surface area (TPSA) is 101 Å². The monoisotopic (exact) mass is 181 g/mol. The number of carboxylic acid groups (broad SMARTS) is 1. The lowest BCUT2D eigenvalue weighted by atomic mass is 10.1. The second-order valence-electron chi connectivity index (χ2n) is 2.67. The van der Waals surface area contributed by atoms with Gasteiger partial charge in [0.05, 0.1) is 4.75 Å². The van der Waals surface area contributed by atoms with Gasteiger partial charge in [0.2, 0.25) is 0 Å². The average Bonchev–Trinajstić information content (AvgIpc) is 1.85. The summed E-state index contributed by atoms with van der Waals surface area (Å²) in [6, 6.07) is -1.33. The molecule has 0 aliphatic carbocycles. The van der Waals surface area contributed by atoms with Crippen LogP contribution in [0.5, 0.6) is 0 Å². The van der Waals surface area contributed by atoms with Crippen molar-refractivity contribution in [1.29, 1.82) is 0 Å². The zero-order valence-corrected chi connectivity index (χ0v) is 7.09. The lowest BCUT2D eigenvalue weighted by Gasteiger charge is -2.23. The van der Waals surface area contributed by atoms with E-state index in [1.165, 1.54) is 13.8 Å². The fraction of sp³-hybridized carbons (Fsp3) is 0.800. The van der Waals surface area contributed by atoms with Gasteiger partial charge in [-0.25, -0.2) is 4.21 Å². The van der Waals surface area contributed by atoms with Crippen LogP contribution in [0.25, 0.3) is 0 Å². The van der Waals surface area contributed by atoms with Crippen LogP contribution in [-0.2, 0) is 15.9 Å². The lowest BCUT2D eigenvalue weighted by molar-refractivity contribution is -0.139. The van der Waals surface area contributed by atoms with Gasteiger partial charge in [-0.05, 0) is 13.8 Å². The largest absolute Gasteiger partial charge is 0.480 e. The summed E-state index contributed by atoms with van der Waals surface area (Å²) in [5, 5.41) is 8.40. The second-order valence-corrected chi connectivity index (χ2v) is 4.22. The third-order valence-electron chi connectivity index (χ3n) is 1.47. The molecule has 11 heavy (non-hydrogen) atoms. The molecule has 0 rings (SSSR count). The van der Waals surface area contributed by atoms with E-state index in [-0.39, 0.29) is 0 Å². The molecule has 0 bridgehead atoms. The third-order valence-corrected chi connectivity index (χ3v) is 2.62. The van der Waals surface area contributed by atoms with Crippen molar-refractivity contribution in [2.45, 2.75) is 24.6 Å². The summed E-state index contributed by atoms with van der Waals surface area (Å²) >= 11 is -2.23. The Kier molecular flexibility index (Phi) is 3.15. The Balaban J connectivity index is 4.55. The third kappa shape index (κ3) is 2.25. The van der Waals surface area contributed by atoms with Gasteiger partial charge in [-0.15, -0.1) is 0 Å². The Hall–Kier alpha value is -0.460. The first-order valence-corrected chi connectivity index (χ1v) is 4.00. The molecule has 0 heterocycles. The molecule has 66 valence electrons. The number of carboxylic acids is 1. The van der Waals surface area contributed by atoms with Gasteiger partial charge in [-0.3, -0.25) is 4.79 Å². The molecule has 0 fully saturated rings. The van der Waals surface area contributed by atoms with Crippen LogP contribution < -0.4 is 5.73 Å². The van der Waals surface area contributed by atoms with E-state index in [4.69, 9.17) is 15.4 Å². The fourth-order valence-corrected chi connectivity index (χ4v) is 0.724. The molecular weight excluding hydrogens is 170 g/mol. The molecule has 4 N–H and O–H groups in total. The van der Waals surface area contributed by atoms with Crippen LogP contribution in [0.15, 0.2) is 0 Å². The fourth-order valence-electron chi connectivity index (χ4n) is 0.406. The molecule has 0 spiro atoms. The predicted molar refractivity (Wildman–Crippen MR) is 40.5 cm³/mol. The molecule has 0 aliphatic heterocycles. The highest BCUT2D eigenvalue weighted by molar-refractivity contribution is 7.80. The Morgan fingerprint density at radius 2 is 2.00 bits per heavy atom. The minimum atomic E-state index is -2.23. The first-order valence-electron chi connectivity index (χ1n) is 2.89. The number of hydrogen-bond donors (Lipinski definition) is 3. The van der Waals surface area contributed by atoms with Gasteiger partial charge < -0.3 is 15.4 Å². The summed E-state index contributed by atoms with van der Waals surface area (Å²) in [4.78, 5) is 10.3. The van der Waals surface area contributed by atoms with Crippen LogP contribution in [0.3, 0.4) is 0 Å². The summed E-state index contributed by atoms with van der Waals surface area (Å²) in [7, 11) is 0. The molecule has 0 aliphatic rings. The Bertz CT molecular complexity index is 191. The normalized spacial score (nSPS) is 17.5. The molecule has 0 amide bonds. The van der Waals surface area contributed by atoms with Gasteiger partial charge in [-0.2, -0.15) is 0 Å². The van der Waals surface area contributed by atoms with Crippen molar-refractivity contribution in [3.8, 4) is 0 Å². The Labute approximate surface area is 66.9 Å². The number of aliphatic carboxylic acids is 1. The van der Waals surface area contributed by atoms with Crippen molar-refractivity contribution in [3.63, 3.8) is 0 Å². The highest BCUT2D eigenvalue weighted by Gasteiger charge is 2.37. The van der Waals surface area contributed by atoms with Crippen LogP contribution in [0.2, 0.25) is 0 Å². The van der Waals surface area contributed by atoms with Crippen molar-refractivity contribution in [2.24, 2.45) is 5.73 Å². The molecule has 6 heteroatoms. The minimum absolute atomic E-state index is 1.28. The lowest BCUT2D eigenvalue weighted by Crippen LogP contribution is -2.51. The summed E-state index contributed by atoms with van der Waals surface area (Å²) in [6.07, 6.45) is 0. The zero-order valence-electron chi connectivity index (χ0n) is 6.27. The highest BCUT2D eigenvalue weighted by atomic mass is 32.2. The van der Waals surface area contributed by atoms with E-state index in [2.05, 4.69) is 0 Å². The average molecular weight is 181 g/mol. The molecule has 0 aromatic rings. The van der Waals surface area contributed by atoms with Crippen LogP contribution in [-0.4, -0.2) is 30.6 Å². The number of rotatable bonds is 3. The smallest absolute Gasteiger partial charge is 0.322 e. The number of nitrogens with two attached hydrogens (primary N) is 1. The highest BCUT2D eigenvalue weighted by Crippen LogP contribution is 2.14. The maximum atomic E-state index is 10.5. The van der Waals surface area contributed by atoms with Crippen LogP contribution in [0.1, 0.15) is 13.8 Å². The molecule has 0 saturated carbocycles. The Morgan fingerprint density at radius 1 is 1.64 bits per heavy atom. The van der Waals surface area contributed by atoms with E-state index < -0.39 is 27.8 Å². The van der Waals surface area contributed by atoms with E-state index >= 15 is 0 Å². The number of carbonyl (C=O) groups is 1. The summed E-state index contributed by atoms with van der Waals surface area (Å²) < 4.78 is 17.8. The maximum Gasteiger partial charge on any atom is 0.322 e. The van der Waals surface area contributed by atoms with Gasteiger partial charge in [0, 0.05) is 0 Å². The van der Waals surface area contributed by atoms with Crippen molar-refractivity contribution >= 4 is 17.0 Å². The van der Waals surface area contributed by atoms with Gasteiger partial charge in [0.25, 0.3) is 0 Å². The molecular formula is C5H11NO4S. The van der Waals surface area contributed by atoms with Gasteiger partial charge in [0.1, 0.15) is 6.04 Å². The zero-order chi connectivity index (χ0) is 9.23. The van der Waals surface area contributed by atoms with Crippen molar-refractivity contribution < 1.29 is 18.7 Å². The van der Waals surface area contributed by atoms with Gasteiger partial charge in [0.15, 0.2) is 11.1 Å². The van der Waals surface area contributed by atoms with Crippen molar-refractivity contribution in [1.82, 2.24) is 0 Å². The first kappa shape index (κ1) is 10.5. The van der Waals surface area contributed by atoms with Gasteiger partial charge in [-0.1, -0.05) is 0 Å². The standard InChI is InChI=1S/C5H11NO4S/c1-5(2,11(9)10)3(6)4(7)8/h3H,6H2,1-2H3,(H,7,8)(H,9,10)/t3-/m1/s1. The van der Waals surface area contributed by atoms with Crippen molar-refractivity contribution in [3.05, 3.63) is 0 Å². The van der Waals surface area contributed by atoms with E-state index in [0.29, 0.717) is 0 Å². The minimum Gasteiger partial charge on any atom is -0.480 e. The summed E-state index contributed by atoms with van der Waals surface area (Å²) in [6.45, 7) is 2.64. The predicted octanol–water partition coefficient (Wildman–Crippen LogP) is -0.601. The summed E-state index contributed by atoms with van der Waals surface area (Å²) in [5.41, 5.74) is 5.14. The molecule has 0 aromatic heterocycles. The molecule has 5 nitrogen and oxygen atoms in total. The Morgan fingerprint density at radius 3 is 2.09 bits per heavy atom. The second kappa shape index (κ2) is 3.29. The van der Waals surface area contributed by atoms with E-state index in [1.54, 1.807) is 0 Å².